The summed E-state index contributed by atoms with van der Waals surface area (Å²) in [5.74, 6) is -1.66. The predicted molar refractivity (Wildman–Crippen MR) is 309 cm³/mol. The molecule has 8 atom stereocenters. The molecule has 19 nitrogen and oxygen atoms in total. The van der Waals surface area contributed by atoms with E-state index in [0.29, 0.717) is 30.4 Å². The molecule has 1 fully saturated rings. The van der Waals surface area contributed by atoms with Gasteiger partial charge in [-0.3, -0.25) is 37.3 Å². The topological polar surface area (TPSA) is 291 Å². The highest BCUT2D eigenvalue weighted by Crippen LogP contribution is 2.53. The van der Waals surface area contributed by atoms with Crippen LogP contribution in [0.5, 0.6) is 0 Å². The van der Waals surface area contributed by atoms with E-state index in [1.165, 1.54) is 103 Å². The zero-order valence-corrected chi connectivity index (χ0v) is 50.3. The average molecular weight is 1180 g/mol. The number of phosphoric acid groups is 2. The normalized spacial score (nSPS) is 19.4. The van der Waals surface area contributed by atoms with Crippen LogP contribution >= 0.6 is 15.6 Å². The minimum absolute atomic E-state index is 0.00420. The average Bonchev–Trinajstić information content (AvgIpc) is 3.45. The second kappa shape index (κ2) is 42.4. The molecule has 1 amide bonds. The molecule has 1 aliphatic carbocycles. The second-order valence-corrected chi connectivity index (χ2v) is 24.4. The number of carbonyl (C=O) groups is 4. The fourth-order valence-corrected chi connectivity index (χ4v) is 11.6. The van der Waals surface area contributed by atoms with E-state index in [0.717, 1.165) is 56.9 Å². The summed E-state index contributed by atoms with van der Waals surface area (Å²) in [6.45, 7) is 2.67. The third-order valence-corrected chi connectivity index (χ3v) is 16.4. The van der Waals surface area contributed by atoms with Crippen molar-refractivity contribution >= 4 is 39.3 Å². The Morgan fingerprint density at radius 3 is 1.46 bits per heavy atom. The van der Waals surface area contributed by atoms with E-state index in [9.17, 15) is 58.5 Å². The van der Waals surface area contributed by atoms with Crippen molar-refractivity contribution in [3.63, 3.8) is 0 Å². The van der Waals surface area contributed by atoms with Gasteiger partial charge in [-0.05, 0) is 31.2 Å². The largest absolute Gasteiger partial charge is 0.475 e. The van der Waals surface area contributed by atoms with Gasteiger partial charge in [-0.1, -0.05) is 223 Å². The standard InChI is InChI=1S/C60H99NO18P2/c1-3-5-7-9-11-13-15-17-19-21-23-25-30-35-52(63)74-45-50(77-53(64)36-31-26-24-22-20-18-16-14-12-10-8-6-4-2)46-76-81(73,79-60-57(68)55(66)56(67)59(58(60)69)78-80(70,71)72)75-44-32-43-61-51(62)42-39-47-37-40-49(41-38-47)54(65)48-33-28-27-29-34-48/h27-29,33-34,37-38,40-41,50,55-60,66-69H,3-26,30-32,35-36,39,42-46H2,1-2H3,(H,61,62)(H2,70,71,72)/t50?,55-,56-,57+,58+,59+,60-,81?/m0/s1. The second-order valence-electron chi connectivity index (χ2n) is 21.5. The van der Waals surface area contributed by atoms with Gasteiger partial charge in [-0.2, -0.15) is 0 Å². The Bertz CT molecular complexity index is 2110. The fraction of sp³-hybridized carbons (Fsp3) is 0.733. The van der Waals surface area contributed by atoms with Gasteiger partial charge in [0.05, 0.1) is 13.2 Å². The number of hydrogen-bond acceptors (Lipinski definition) is 16. The minimum Gasteiger partial charge on any atom is -0.462 e. The zero-order chi connectivity index (χ0) is 59.1. The number of rotatable bonds is 48. The quantitative estimate of drug-likeness (QED) is 0.0140. The van der Waals surface area contributed by atoms with Crippen molar-refractivity contribution in [1.29, 1.82) is 0 Å². The molecule has 0 aromatic heterocycles. The number of ether oxygens (including phenoxy) is 2. The summed E-state index contributed by atoms with van der Waals surface area (Å²) in [4.78, 5) is 70.9. The lowest BCUT2D eigenvalue weighted by Crippen LogP contribution is -2.64. The summed E-state index contributed by atoms with van der Waals surface area (Å²) in [7, 11) is -10.5. The van der Waals surface area contributed by atoms with Crippen LogP contribution in [-0.4, -0.2) is 123 Å². The molecule has 0 radical (unpaired) electrons. The van der Waals surface area contributed by atoms with E-state index in [1.807, 2.05) is 6.07 Å². The van der Waals surface area contributed by atoms with Gasteiger partial charge in [0, 0.05) is 36.9 Å². The van der Waals surface area contributed by atoms with E-state index in [1.54, 1.807) is 48.5 Å². The zero-order valence-electron chi connectivity index (χ0n) is 48.5. The summed E-state index contributed by atoms with van der Waals surface area (Å²) in [6.07, 6.45) is 14.8. The molecular weight excluding hydrogens is 1080 g/mol. The van der Waals surface area contributed by atoms with Gasteiger partial charge in [-0.15, -0.1) is 0 Å². The van der Waals surface area contributed by atoms with E-state index in [2.05, 4.69) is 23.7 Å². The Morgan fingerprint density at radius 2 is 0.963 bits per heavy atom. The summed E-state index contributed by atoms with van der Waals surface area (Å²) >= 11 is 0. The smallest absolute Gasteiger partial charge is 0.462 e. The van der Waals surface area contributed by atoms with Gasteiger partial charge in [-0.25, -0.2) is 9.13 Å². The maximum atomic E-state index is 14.6. The minimum atomic E-state index is -5.44. The van der Waals surface area contributed by atoms with Crippen molar-refractivity contribution in [2.75, 3.05) is 26.4 Å². The maximum Gasteiger partial charge on any atom is 0.475 e. The van der Waals surface area contributed by atoms with Gasteiger partial charge >= 0.3 is 27.6 Å². The first-order valence-electron chi connectivity index (χ1n) is 30.3. The molecule has 1 aliphatic rings. The number of aliphatic hydroxyl groups excluding tert-OH is 4. The third-order valence-electron chi connectivity index (χ3n) is 14.5. The Balaban J connectivity index is 1.63. The van der Waals surface area contributed by atoms with Gasteiger partial charge in [0.1, 0.15) is 43.2 Å². The number of esters is 2. The maximum absolute atomic E-state index is 14.6. The van der Waals surface area contributed by atoms with Crippen molar-refractivity contribution in [3.8, 4) is 0 Å². The molecule has 2 unspecified atom stereocenters. The van der Waals surface area contributed by atoms with Crippen molar-refractivity contribution < 1.29 is 86.1 Å². The highest BCUT2D eigenvalue weighted by Gasteiger charge is 2.54. The number of ketones is 1. The summed E-state index contributed by atoms with van der Waals surface area (Å²) in [6, 6.07) is 15.8. The summed E-state index contributed by atoms with van der Waals surface area (Å²) in [5.41, 5.74) is 1.88. The van der Waals surface area contributed by atoms with Crippen molar-refractivity contribution in [2.45, 2.75) is 256 Å². The molecule has 7 N–H and O–H groups in total. The van der Waals surface area contributed by atoms with Crippen molar-refractivity contribution in [1.82, 2.24) is 5.32 Å². The highest BCUT2D eigenvalue weighted by atomic mass is 31.2. The van der Waals surface area contributed by atoms with Crippen LogP contribution in [-0.2, 0) is 57.5 Å². The van der Waals surface area contributed by atoms with Crippen LogP contribution in [0.25, 0.3) is 0 Å². The molecule has 3 rings (SSSR count). The molecule has 81 heavy (non-hydrogen) atoms. The SMILES string of the molecule is CCCCCCCCCCCCCCCC(=O)OCC(COP(=O)(OCCCNC(=O)CCc1ccc(C(=O)c2ccccc2)cc1)O[C@@H]1[C@H](O)[C@H](OP(=O)(O)O)[C@@H](O)[C@H](O)[C@H]1O)OC(=O)CCCCCCCCCCCCCCC. The number of unbranched alkanes of at least 4 members (excludes halogenated alkanes) is 24. The lowest BCUT2D eigenvalue weighted by atomic mass is 9.85. The molecule has 0 spiro atoms. The lowest BCUT2D eigenvalue weighted by Gasteiger charge is -2.43. The Hall–Kier alpha value is -3.42. The third kappa shape index (κ3) is 31.9. The molecule has 2 aromatic carbocycles. The van der Waals surface area contributed by atoms with Crippen molar-refractivity contribution in [3.05, 3.63) is 71.3 Å². The summed E-state index contributed by atoms with van der Waals surface area (Å²) < 4.78 is 58.9. The van der Waals surface area contributed by atoms with Crippen LogP contribution in [0.4, 0.5) is 0 Å². The number of hydrogen-bond donors (Lipinski definition) is 7. The van der Waals surface area contributed by atoms with Crippen LogP contribution in [0.1, 0.15) is 228 Å². The number of amides is 1. The van der Waals surface area contributed by atoms with Crippen LogP contribution in [0.3, 0.4) is 0 Å². The molecule has 0 aliphatic heterocycles. The van der Waals surface area contributed by atoms with Crippen LogP contribution in [0, 0.1) is 0 Å². The molecule has 0 saturated heterocycles. The number of aryl methyl sites for hydroxylation is 1. The predicted octanol–water partition coefficient (Wildman–Crippen LogP) is 11.2. The molecule has 0 bridgehead atoms. The highest BCUT2D eigenvalue weighted by molar-refractivity contribution is 7.48. The molecule has 21 heteroatoms. The molecular formula is C60H99NO18P2. The monoisotopic (exact) mass is 1180 g/mol. The first-order chi connectivity index (χ1) is 39.0. The first-order valence-corrected chi connectivity index (χ1v) is 33.3. The van der Waals surface area contributed by atoms with Crippen LogP contribution < -0.4 is 5.32 Å². The van der Waals surface area contributed by atoms with Gasteiger partial charge < -0.3 is 45.0 Å². The van der Waals surface area contributed by atoms with Crippen molar-refractivity contribution in [2.24, 2.45) is 0 Å². The van der Waals surface area contributed by atoms with Crippen LogP contribution in [0.15, 0.2) is 54.6 Å². The van der Waals surface area contributed by atoms with Gasteiger partial charge in [0.15, 0.2) is 11.9 Å². The van der Waals surface area contributed by atoms with Gasteiger partial charge in [0.2, 0.25) is 5.91 Å². The lowest BCUT2D eigenvalue weighted by molar-refractivity contribution is -0.217. The number of nitrogens with one attached hydrogen (secondary N) is 1. The number of carbonyl (C=O) groups excluding carboxylic acids is 4. The van der Waals surface area contributed by atoms with E-state index < -0.39 is 90.1 Å². The molecule has 1 saturated carbocycles. The molecule has 2 aromatic rings. The Kier molecular flexibility index (Phi) is 37.6. The Morgan fingerprint density at radius 1 is 0.506 bits per heavy atom. The van der Waals surface area contributed by atoms with E-state index >= 15 is 0 Å². The van der Waals surface area contributed by atoms with E-state index in [-0.39, 0.29) is 43.9 Å². The van der Waals surface area contributed by atoms with E-state index in [4.69, 9.17) is 23.0 Å². The molecule has 0 heterocycles. The molecule has 462 valence electrons. The number of benzene rings is 2. The van der Waals surface area contributed by atoms with Gasteiger partial charge in [0.25, 0.3) is 0 Å². The first kappa shape index (κ1) is 71.8. The fourth-order valence-electron chi connectivity index (χ4n) is 9.61. The number of phosphoric ester groups is 2. The Labute approximate surface area is 482 Å². The van der Waals surface area contributed by atoms with Crippen LogP contribution in [0.2, 0.25) is 0 Å². The summed E-state index contributed by atoms with van der Waals surface area (Å²) in [5, 5.41) is 45.9. The number of aliphatic hydroxyl groups is 4.